The highest BCUT2D eigenvalue weighted by Gasteiger charge is 2.20. The second-order valence-electron chi connectivity index (χ2n) is 4.92. The molecule has 2 N–H and O–H groups in total. The first kappa shape index (κ1) is 15.3. The van der Waals surface area contributed by atoms with E-state index in [1.807, 2.05) is 30.3 Å². The van der Waals surface area contributed by atoms with Crippen molar-refractivity contribution in [1.82, 2.24) is 5.32 Å². The van der Waals surface area contributed by atoms with Crippen molar-refractivity contribution in [3.8, 4) is 0 Å². The summed E-state index contributed by atoms with van der Waals surface area (Å²) in [6, 6.07) is 8.91. The van der Waals surface area contributed by atoms with Crippen molar-refractivity contribution in [2.24, 2.45) is 0 Å². The highest BCUT2D eigenvalue weighted by atomic mass is 16.5. The first-order chi connectivity index (χ1) is 10.2. The molecule has 1 unspecified atom stereocenters. The summed E-state index contributed by atoms with van der Waals surface area (Å²) in [5.74, 6) is -0.763. The Labute approximate surface area is 123 Å². The predicted molar refractivity (Wildman–Crippen MR) is 77.3 cm³/mol. The Morgan fingerprint density at radius 1 is 1.14 bits per heavy atom. The molecule has 1 aliphatic heterocycles. The molecular weight excluding hydrogens is 270 g/mol. The van der Waals surface area contributed by atoms with E-state index in [2.05, 4.69) is 5.32 Å². The van der Waals surface area contributed by atoms with Crippen molar-refractivity contribution >= 4 is 11.9 Å². The Hall–Kier alpha value is -2.14. The number of benzene rings is 1. The van der Waals surface area contributed by atoms with Crippen molar-refractivity contribution in [3.63, 3.8) is 0 Å². The number of esters is 1. The minimum Gasteiger partial charge on any atom is -0.461 e. The lowest BCUT2D eigenvalue weighted by atomic mass is 10.1. The fraction of sp³-hybridized carbons (Fsp3) is 0.375. The zero-order valence-corrected chi connectivity index (χ0v) is 11.7. The van der Waals surface area contributed by atoms with Crippen molar-refractivity contribution in [2.45, 2.75) is 31.4 Å². The molecule has 2 rings (SSSR count). The first-order valence-corrected chi connectivity index (χ1v) is 7.01. The summed E-state index contributed by atoms with van der Waals surface area (Å²) >= 11 is 0. The van der Waals surface area contributed by atoms with Gasteiger partial charge in [0, 0.05) is 12.8 Å². The van der Waals surface area contributed by atoms with Crippen LogP contribution in [0.25, 0.3) is 0 Å². The van der Waals surface area contributed by atoms with Crippen molar-refractivity contribution < 1.29 is 19.4 Å². The molecule has 5 heteroatoms. The second-order valence-corrected chi connectivity index (χ2v) is 4.92. The number of hydrogen-bond acceptors (Lipinski definition) is 4. The van der Waals surface area contributed by atoms with Crippen LogP contribution in [0.2, 0.25) is 0 Å². The van der Waals surface area contributed by atoms with E-state index in [1.54, 1.807) is 12.2 Å². The van der Waals surface area contributed by atoms with Gasteiger partial charge in [0.2, 0.25) is 5.91 Å². The van der Waals surface area contributed by atoms with Gasteiger partial charge in [0.25, 0.3) is 0 Å². The lowest BCUT2D eigenvalue weighted by Crippen LogP contribution is -2.34. The second kappa shape index (κ2) is 7.59. The number of aliphatic hydroxyl groups excluding tert-OH is 1. The Balaban J connectivity index is 2.13. The smallest absolute Gasteiger partial charge is 0.335 e. The number of cyclic esters (lactones) is 1. The van der Waals surface area contributed by atoms with Crippen LogP contribution in [0.3, 0.4) is 0 Å². The summed E-state index contributed by atoms with van der Waals surface area (Å²) in [7, 11) is 0. The number of aliphatic hydroxyl groups is 1. The van der Waals surface area contributed by atoms with Gasteiger partial charge in [-0.1, -0.05) is 42.5 Å². The normalized spacial score (nSPS) is 26.0. The fourth-order valence-corrected chi connectivity index (χ4v) is 2.09. The molecule has 112 valence electrons. The maximum Gasteiger partial charge on any atom is 0.335 e. The van der Waals surface area contributed by atoms with Crippen LogP contribution in [0, 0.1) is 0 Å². The van der Waals surface area contributed by atoms with Gasteiger partial charge in [0.05, 0.1) is 6.04 Å². The molecule has 1 amide bonds. The van der Waals surface area contributed by atoms with Crippen LogP contribution in [0.15, 0.2) is 42.5 Å². The van der Waals surface area contributed by atoms with Crippen LogP contribution in [0.4, 0.5) is 0 Å². The Kier molecular flexibility index (Phi) is 5.51. The van der Waals surface area contributed by atoms with Gasteiger partial charge in [0.15, 0.2) is 6.10 Å². The summed E-state index contributed by atoms with van der Waals surface area (Å²) in [5.41, 5.74) is 0.862. The first-order valence-electron chi connectivity index (χ1n) is 7.01. The number of rotatable bonds is 1. The highest BCUT2D eigenvalue weighted by Crippen LogP contribution is 2.15. The number of ether oxygens (including phenoxy) is 1. The molecule has 0 aromatic heterocycles. The predicted octanol–water partition coefficient (Wildman–Crippen LogP) is 1.49. The van der Waals surface area contributed by atoms with Gasteiger partial charge in [-0.25, -0.2) is 4.79 Å². The maximum absolute atomic E-state index is 11.9. The molecule has 0 aliphatic carbocycles. The Morgan fingerprint density at radius 3 is 2.67 bits per heavy atom. The highest BCUT2D eigenvalue weighted by molar-refractivity contribution is 5.77. The largest absolute Gasteiger partial charge is 0.461 e. The van der Waals surface area contributed by atoms with Gasteiger partial charge in [0.1, 0.15) is 6.61 Å². The van der Waals surface area contributed by atoms with Crippen LogP contribution in [0.5, 0.6) is 0 Å². The number of nitrogens with one attached hydrogen (secondary N) is 1. The third-order valence-corrected chi connectivity index (χ3v) is 3.27. The number of amides is 1. The lowest BCUT2D eigenvalue weighted by molar-refractivity contribution is -0.154. The topological polar surface area (TPSA) is 75.6 Å². The molecule has 0 saturated carbocycles. The number of hydrogen-bond donors (Lipinski definition) is 2. The quantitative estimate of drug-likeness (QED) is 0.606. The maximum atomic E-state index is 11.9. The van der Waals surface area contributed by atoms with Crippen molar-refractivity contribution in [3.05, 3.63) is 48.0 Å². The minimum absolute atomic E-state index is 0.00929. The molecule has 0 spiro atoms. The van der Waals surface area contributed by atoms with Crippen LogP contribution in [-0.2, 0) is 14.3 Å². The van der Waals surface area contributed by atoms with Gasteiger partial charge >= 0.3 is 5.97 Å². The summed E-state index contributed by atoms with van der Waals surface area (Å²) in [5, 5.41) is 12.5. The van der Waals surface area contributed by atoms with E-state index in [0.29, 0.717) is 12.8 Å². The summed E-state index contributed by atoms with van der Waals surface area (Å²) < 4.78 is 5.10. The zero-order chi connectivity index (χ0) is 15.1. The lowest BCUT2D eigenvalue weighted by Gasteiger charge is -2.20. The number of allylic oxidation sites excluding steroid dienone is 1. The van der Waals surface area contributed by atoms with Gasteiger partial charge in [-0.05, 0) is 12.0 Å². The fourth-order valence-electron chi connectivity index (χ4n) is 2.09. The monoisotopic (exact) mass is 289 g/mol. The van der Waals surface area contributed by atoms with E-state index >= 15 is 0 Å². The molecule has 0 bridgehead atoms. The molecule has 0 saturated heterocycles. The Morgan fingerprint density at radius 2 is 1.90 bits per heavy atom. The molecule has 5 nitrogen and oxygen atoms in total. The van der Waals surface area contributed by atoms with E-state index in [4.69, 9.17) is 4.74 Å². The summed E-state index contributed by atoms with van der Waals surface area (Å²) in [6.45, 7) is 0.00929. The SMILES string of the molecule is O=C1CC/C=C/C[C@@H](O)C(=O)OCC(c2ccccc2)N1. The Bertz CT molecular complexity index is 512. The molecule has 1 aromatic rings. The van der Waals surface area contributed by atoms with E-state index in [-0.39, 0.29) is 18.9 Å². The molecule has 21 heavy (non-hydrogen) atoms. The molecule has 1 aromatic carbocycles. The van der Waals surface area contributed by atoms with Crippen molar-refractivity contribution in [2.75, 3.05) is 6.61 Å². The average molecular weight is 289 g/mol. The summed E-state index contributed by atoms with van der Waals surface area (Å²) in [4.78, 5) is 23.6. The van der Waals surface area contributed by atoms with Gasteiger partial charge in [-0.2, -0.15) is 0 Å². The van der Waals surface area contributed by atoms with E-state index in [9.17, 15) is 14.7 Å². The third-order valence-electron chi connectivity index (χ3n) is 3.27. The van der Waals surface area contributed by atoms with E-state index < -0.39 is 18.1 Å². The van der Waals surface area contributed by atoms with E-state index in [1.165, 1.54) is 0 Å². The van der Waals surface area contributed by atoms with Gasteiger partial charge in [-0.15, -0.1) is 0 Å². The van der Waals surface area contributed by atoms with Crippen LogP contribution in [-0.4, -0.2) is 29.7 Å². The van der Waals surface area contributed by atoms with Crippen LogP contribution < -0.4 is 5.32 Å². The van der Waals surface area contributed by atoms with Gasteiger partial charge in [-0.3, -0.25) is 4.79 Å². The minimum atomic E-state index is -1.16. The van der Waals surface area contributed by atoms with Crippen LogP contribution >= 0.6 is 0 Å². The van der Waals surface area contributed by atoms with Crippen molar-refractivity contribution in [1.29, 1.82) is 0 Å². The van der Waals surface area contributed by atoms with Crippen LogP contribution in [0.1, 0.15) is 30.9 Å². The standard InChI is InChI=1S/C16H19NO4/c18-14-9-5-2-6-10-15(19)17-13(11-21-16(14)20)12-7-3-1-4-8-12/h1-5,7-8,13-14,18H,6,9-11H2,(H,17,19)/b5-2+/t13?,14-/m1/s1. The zero-order valence-electron chi connectivity index (χ0n) is 11.7. The molecule has 2 atom stereocenters. The molecule has 1 aliphatic rings. The molecular formula is C16H19NO4. The van der Waals surface area contributed by atoms with Gasteiger partial charge < -0.3 is 15.2 Å². The summed E-state index contributed by atoms with van der Waals surface area (Å²) in [6.07, 6.45) is 3.47. The molecule has 0 radical (unpaired) electrons. The number of carbonyl (C=O) groups is 2. The van der Waals surface area contributed by atoms with E-state index in [0.717, 1.165) is 5.56 Å². The average Bonchev–Trinajstić information content (AvgIpc) is 2.50. The third kappa shape index (κ3) is 4.72. The molecule has 0 fully saturated rings. The number of carbonyl (C=O) groups excluding carboxylic acids is 2. The molecule has 1 heterocycles.